The lowest BCUT2D eigenvalue weighted by molar-refractivity contribution is -0.132. The molecule has 1 saturated carbocycles. The molecule has 0 bridgehead atoms. The highest BCUT2D eigenvalue weighted by molar-refractivity contribution is 5.78. The van der Waals surface area contributed by atoms with Gasteiger partial charge in [-0.15, -0.1) is 0 Å². The van der Waals surface area contributed by atoms with Gasteiger partial charge in [-0.1, -0.05) is 30.3 Å². The van der Waals surface area contributed by atoms with Crippen LogP contribution in [0.15, 0.2) is 30.3 Å². The number of benzene rings is 1. The first-order chi connectivity index (χ1) is 10.2. The summed E-state index contributed by atoms with van der Waals surface area (Å²) in [7, 11) is 0. The van der Waals surface area contributed by atoms with Crippen LogP contribution in [0.4, 0.5) is 0 Å². The Balaban J connectivity index is 2.03. The van der Waals surface area contributed by atoms with E-state index < -0.39 is 0 Å². The van der Waals surface area contributed by atoms with Gasteiger partial charge in [-0.05, 0) is 45.1 Å². The molecule has 1 fully saturated rings. The van der Waals surface area contributed by atoms with E-state index in [4.69, 9.17) is 0 Å². The van der Waals surface area contributed by atoms with Crippen molar-refractivity contribution in [3.05, 3.63) is 35.9 Å². The van der Waals surface area contributed by atoms with Crippen LogP contribution in [-0.2, 0) is 11.3 Å². The highest BCUT2D eigenvalue weighted by Gasteiger charge is 2.33. The van der Waals surface area contributed by atoms with E-state index in [1.807, 2.05) is 24.8 Å². The Morgan fingerprint density at radius 2 is 1.81 bits per heavy atom. The number of rotatable bonds is 8. The Morgan fingerprint density at radius 3 is 2.33 bits per heavy atom. The van der Waals surface area contributed by atoms with Crippen LogP contribution in [0.1, 0.15) is 39.2 Å². The minimum absolute atomic E-state index is 0.253. The summed E-state index contributed by atoms with van der Waals surface area (Å²) in [5.41, 5.74) is 1.29. The molecular formula is C18H28N2O. The maximum atomic E-state index is 12.4. The Bertz CT molecular complexity index is 438. The molecule has 0 aliphatic heterocycles. The minimum atomic E-state index is 0.253. The molecule has 1 atom stereocenters. The van der Waals surface area contributed by atoms with Gasteiger partial charge in [0.1, 0.15) is 0 Å². The van der Waals surface area contributed by atoms with Crippen molar-refractivity contribution in [2.45, 2.75) is 46.2 Å². The molecule has 0 radical (unpaired) electrons. The van der Waals surface area contributed by atoms with Crippen molar-refractivity contribution in [1.82, 2.24) is 9.80 Å². The zero-order chi connectivity index (χ0) is 15.2. The number of hydrogen-bond acceptors (Lipinski definition) is 2. The Kier molecular flexibility index (Phi) is 5.80. The molecular weight excluding hydrogens is 260 g/mol. The maximum absolute atomic E-state index is 12.4. The number of hydrogen-bond donors (Lipinski definition) is 0. The molecule has 2 rings (SSSR count). The fourth-order valence-electron chi connectivity index (χ4n) is 2.89. The molecule has 3 nitrogen and oxygen atoms in total. The second-order valence-corrected chi connectivity index (χ2v) is 6.03. The third-order valence-electron chi connectivity index (χ3n) is 4.56. The summed E-state index contributed by atoms with van der Waals surface area (Å²) in [5, 5.41) is 0. The summed E-state index contributed by atoms with van der Waals surface area (Å²) in [5.74, 6) is 1.03. The predicted molar refractivity (Wildman–Crippen MR) is 87.0 cm³/mol. The van der Waals surface area contributed by atoms with Crippen molar-refractivity contribution in [2.75, 3.05) is 19.6 Å². The number of amides is 1. The van der Waals surface area contributed by atoms with Gasteiger partial charge in [0.15, 0.2) is 0 Å². The van der Waals surface area contributed by atoms with Crippen molar-refractivity contribution in [3.8, 4) is 0 Å². The predicted octanol–water partition coefficient (Wildman–Crippen LogP) is 3.16. The molecule has 0 heterocycles. The van der Waals surface area contributed by atoms with Gasteiger partial charge in [0, 0.05) is 25.7 Å². The normalized spacial score (nSPS) is 16.0. The fraction of sp³-hybridized carbons (Fsp3) is 0.611. The average Bonchev–Trinajstić information content (AvgIpc) is 3.33. The zero-order valence-corrected chi connectivity index (χ0v) is 13.6. The lowest BCUT2D eigenvalue weighted by atomic mass is 10.1. The van der Waals surface area contributed by atoms with Crippen LogP contribution in [0.3, 0.4) is 0 Å². The van der Waals surface area contributed by atoms with Crippen LogP contribution in [-0.4, -0.2) is 41.4 Å². The molecule has 0 N–H and O–H groups in total. The van der Waals surface area contributed by atoms with E-state index in [0.717, 1.165) is 25.6 Å². The van der Waals surface area contributed by atoms with Gasteiger partial charge < -0.3 is 4.90 Å². The number of carbonyl (C=O) groups excluding carboxylic acids is 1. The van der Waals surface area contributed by atoms with Crippen LogP contribution in [0.2, 0.25) is 0 Å². The van der Waals surface area contributed by atoms with E-state index in [0.29, 0.717) is 12.6 Å². The van der Waals surface area contributed by atoms with Crippen LogP contribution in [0.5, 0.6) is 0 Å². The Labute approximate surface area is 128 Å². The van der Waals surface area contributed by atoms with Crippen LogP contribution < -0.4 is 0 Å². The van der Waals surface area contributed by atoms with Crippen LogP contribution in [0, 0.1) is 5.92 Å². The van der Waals surface area contributed by atoms with Crippen LogP contribution >= 0.6 is 0 Å². The first-order valence-corrected chi connectivity index (χ1v) is 8.21. The van der Waals surface area contributed by atoms with Crippen molar-refractivity contribution in [3.63, 3.8) is 0 Å². The molecule has 21 heavy (non-hydrogen) atoms. The van der Waals surface area contributed by atoms with Crippen molar-refractivity contribution < 1.29 is 4.79 Å². The molecule has 0 saturated heterocycles. The SMILES string of the molecule is CCN(CC)C(=O)CN(Cc1ccccc1)C(C)C1CC1. The van der Waals surface area contributed by atoms with E-state index in [9.17, 15) is 4.79 Å². The third-order valence-corrected chi connectivity index (χ3v) is 4.56. The Hall–Kier alpha value is -1.35. The van der Waals surface area contributed by atoms with Gasteiger partial charge in [-0.2, -0.15) is 0 Å². The lowest BCUT2D eigenvalue weighted by Gasteiger charge is -2.31. The highest BCUT2D eigenvalue weighted by atomic mass is 16.2. The van der Waals surface area contributed by atoms with Gasteiger partial charge in [0.2, 0.25) is 5.91 Å². The highest BCUT2D eigenvalue weighted by Crippen LogP contribution is 2.35. The molecule has 1 aromatic rings. The van der Waals surface area contributed by atoms with Gasteiger partial charge in [-0.25, -0.2) is 0 Å². The monoisotopic (exact) mass is 288 g/mol. The van der Waals surface area contributed by atoms with Crippen molar-refractivity contribution >= 4 is 5.91 Å². The summed E-state index contributed by atoms with van der Waals surface area (Å²) in [6, 6.07) is 11.0. The number of carbonyl (C=O) groups is 1. The Morgan fingerprint density at radius 1 is 1.19 bits per heavy atom. The molecule has 0 aromatic heterocycles. The van der Waals surface area contributed by atoms with Gasteiger partial charge in [0.25, 0.3) is 0 Å². The summed E-state index contributed by atoms with van der Waals surface area (Å²) in [6.07, 6.45) is 2.62. The van der Waals surface area contributed by atoms with Gasteiger partial charge in [0.05, 0.1) is 6.54 Å². The van der Waals surface area contributed by atoms with Crippen molar-refractivity contribution in [1.29, 1.82) is 0 Å². The first kappa shape index (κ1) is 16.0. The average molecular weight is 288 g/mol. The smallest absolute Gasteiger partial charge is 0.236 e. The summed E-state index contributed by atoms with van der Waals surface area (Å²) in [4.78, 5) is 16.7. The fourth-order valence-corrected chi connectivity index (χ4v) is 2.89. The van der Waals surface area contributed by atoms with Crippen LogP contribution in [0.25, 0.3) is 0 Å². The largest absolute Gasteiger partial charge is 0.342 e. The zero-order valence-electron chi connectivity index (χ0n) is 13.6. The van der Waals surface area contributed by atoms with Gasteiger partial charge >= 0.3 is 0 Å². The van der Waals surface area contributed by atoms with E-state index in [1.165, 1.54) is 18.4 Å². The van der Waals surface area contributed by atoms with Gasteiger partial charge in [-0.3, -0.25) is 9.69 Å². The maximum Gasteiger partial charge on any atom is 0.236 e. The van der Waals surface area contributed by atoms with E-state index in [1.54, 1.807) is 0 Å². The lowest BCUT2D eigenvalue weighted by Crippen LogP contribution is -2.44. The van der Waals surface area contributed by atoms with Crippen molar-refractivity contribution in [2.24, 2.45) is 5.92 Å². The summed E-state index contributed by atoms with van der Waals surface area (Å²) >= 11 is 0. The molecule has 1 amide bonds. The number of nitrogens with zero attached hydrogens (tertiary/aromatic N) is 2. The van der Waals surface area contributed by atoms with E-state index in [2.05, 4.69) is 36.1 Å². The topological polar surface area (TPSA) is 23.6 Å². The minimum Gasteiger partial charge on any atom is -0.342 e. The second-order valence-electron chi connectivity index (χ2n) is 6.03. The molecule has 1 aliphatic rings. The molecule has 0 spiro atoms. The molecule has 1 unspecified atom stereocenters. The molecule has 1 aliphatic carbocycles. The first-order valence-electron chi connectivity index (χ1n) is 8.21. The van der Waals surface area contributed by atoms with E-state index in [-0.39, 0.29) is 5.91 Å². The second kappa shape index (κ2) is 7.60. The molecule has 3 heteroatoms. The quantitative estimate of drug-likeness (QED) is 0.733. The molecule has 116 valence electrons. The molecule has 1 aromatic carbocycles. The summed E-state index contributed by atoms with van der Waals surface area (Å²) in [6.45, 7) is 9.37. The van der Waals surface area contributed by atoms with E-state index >= 15 is 0 Å². The number of likely N-dealkylation sites (N-methyl/N-ethyl adjacent to an activating group) is 1. The summed E-state index contributed by atoms with van der Waals surface area (Å²) < 4.78 is 0. The third kappa shape index (κ3) is 4.57. The standard InChI is InChI=1S/C18H28N2O/c1-4-19(5-2)18(21)14-20(15(3)17-11-12-17)13-16-9-7-6-8-10-16/h6-10,15,17H,4-5,11-14H2,1-3H3.